The first-order chi connectivity index (χ1) is 16.9. The van der Waals surface area contributed by atoms with Crippen LogP contribution in [0.4, 0.5) is 0 Å². The first kappa shape index (κ1) is 24.8. The third-order valence-corrected chi connectivity index (χ3v) is 13.4. The van der Waals surface area contributed by atoms with Gasteiger partial charge in [-0.25, -0.2) is 0 Å². The number of fused-ring (bicyclic) bond motifs is 5. The van der Waals surface area contributed by atoms with Crippen LogP contribution < -0.4 is 5.32 Å². The maximum absolute atomic E-state index is 12.4. The lowest BCUT2D eigenvalue weighted by molar-refractivity contribution is -0.200. The molecule has 35 heavy (non-hydrogen) atoms. The predicted octanol–water partition coefficient (Wildman–Crippen LogP) is 5.92. The van der Waals surface area contributed by atoms with E-state index in [1.807, 2.05) is 12.5 Å². The Morgan fingerprint density at radius 1 is 1.06 bits per heavy atom. The summed E-state index contributed by atoms with van der Waals surface area (Å²) in [5, 5.41) is 16.7. The van der Waals surface area contributed by atoms with Gasteiger partial charge in [-0.3, -0.25) is 0 Å². The summed E-state index contributed by atoms with van der Waals surface area (Å²) in [7, 11) is 0. The summed E-state index contributed by atoms with van der Waals surface area (Å²) < 4.78 is 5.47. The number of hydrogen-bond acceptors (Lipinski definition) is 5. The summed E-state index contributed by atoms with van der Waals surface area (Å²) in [5.74, 6) is 3.84. The zero-order chi connectivity index (χ0) is 24.1. The number of hydrogen-bond donors (Lipinski definition) is 2. The number of thioether (sulfide) groups is 1. The lowest BCUT2D eigenvalue weighted by Crippen LogP contribution is -2.61. The minimum atomic E-state index is -0.499. The summed E-state index contributed by atoms with van der Waals surface area (Å²) in [6.07, 6.45) is 16.5. The van der Waals surface area contributed by atoms with Gasteiger partial charge in [0.2, 0.25) is 0 Å². The minimum Gasteiger partial charge on any atom is -0.472 e. The average molecular weight is 501 g/mol. The zero-order valence-corrected chi connectivity index (χ0v) is 23.0. The van der Waals surface area contributed by atoms with Crippen molar-refractivity contribution in [1.82, 2.24) is 10.2 Å². The lowest BCUT2D eigenvalue weighted by Gasteiger charge is -2.63. The maximum atomic E-state index is 12.4. The molecule has 1 saturated heterocycles. The van der Waals surface area contributed by atoms with Crippen molar-refractivity contribution in [1.29, 1.82) is 0 Å². The normalized spacial score (nSPS) is 46.1. The topological polar surface area (TPSA) is 48.6 Å². The maximum Gasteiger partial charge on any atom is 0.0937 e. The Hall–Kier alpha value is -0.490. The Labute approximate surface area is 217 Å². The first-order valence-electron chi connectivity index (χ1n) is 14.7. The van der Waals surface area contributed by atoms with Gasteiger partial charge in [0.15, 0.2) is 0 Å². The van der Waals surface area contributed by atoms with E-state index in [-0.39, 0.29) is 5.41 Å². The SMILES string of the molecule is C[C@]12CC[C@H](SCCCN3CCNCC3)C[C@H]1CC[C@@H]1[C@@H]2CC[C@]2(C)[C@@H](c3ccoc3)CC[C@]12O. The van der Waals surface area contributed by atoms with E-state index in [1.54, 1.807) is 0 Å². The van der Waals surface area contributed by atoms with Gasteiger partial charge in [0.1, 0.15) is 0 Å². The molecule has 5 fully saturated rings. The van der Waals surface area contributed by atoms with E-state index in [2.05, 4.69) is 41.9 Å². The third-order valence-electron chi connectivity index (χ3n) is 11.9. The van der Waals surface area contributed by atoms with Crippen molar-refractivity contribution in [3.8, 4) is 0 Å². The van der Waals surface area contributed by atoms with Gasteiger partial charge in [-0.15, -0.1) is 0 Å². The highest BCUT2D eigenvalue weighted by molar-refractivity contribution is 7.99. The van der Waals surface area contributed by atoms with Crippen molar-refractivity contribution in [3.05, 3.63) is 24.2 Å². The molecule has 0 aromatic carbocycles. The molecule has 0 radical (unpaired) electrons. The van der Waals surface area contributed by atoms with Gasteiger partial charge in [0.05, 0.1) is 18.1 Å². The van der Waals surface area contributed by atoms with Crippen LogP contribution in [0, 0.1) is 28.6 Å². The predicted molar refractivity (Wildman–Crippen MR) is 145 cm³/mol. The summed E-state index contributed by atoms with van der Waals surface area (Å²) in [6, 6.07) is 2.15. The van der Waals surface area contributed by atoms with E-state index in [0.29, 0.717) is 23.2 Å². The van der Waals surface area contributed by atoms with Gasteiger partial charge in [0, 0.05) is 36.8 Å². The van der Waals surface area contributed by atoms with Crippen LogP contribution in [-0.4, -0.2) is 59.3 Å². The Balaban J connectivity index is 1.08. The van der Waals surface area contributed by atoms with Crippen molar-refractivity contribution in [3.63, 3.8) is 0 Å². The highest BCUT2D eigenvalue weighted by atomic mass is 32.2. The molecule has 0 spiro atoms. The summed E-state index contributed by atoms with van der Waals surface area (Å²) in [6.45, 7) is 11.1. The van der Waals surface area contributed by atoms with Crippen molar-refractivity contribution in [2.45, 2.75) is 94.8 Å². The van der Waals surface area contributed by atoms with Crippen LogP contribution in [0.2, 0.25) is 0 Å². The van der Waals surface area contributed by atoms with Gasteiger partial charge in [0.25, 0.3) is 0 Å². The Morgan fingerprint density at radius 2 is 1.91 bits per heavy atom. The molecule has 0 unspecified atom stereocenters. The van der Waals surface area contributed by atoms with Crippen LogP contribution in [0.3, 0.4) is 0 Å². The van der Waals surface area contributed by atoms with Crippen molar-refractivity contribution in [2.75, 3.05) is 38.5 Å². The number of nitrogens with one attached hydrogen (secondary N) is 1. The zero-order valence-electron chi connectivity index (χ0n) is 22.1. The first-order valence-corrected chi connectivity index (χ1v) is 15.8. The van der Waals surface area contributed by atoms with Gasteiger partial charge in [-0.1, -0.05) is 13.8 Å². The second kappa shape index (κ2) is 9.67. The molecule has 4 saturated carbocycles. The minimum absolute atomic E-state index is 0.00128. The quantitative estimate of drug-likeness (QED) is 0.475. The summed E-state index contributed by atoms with van der Waals surface area (Å²) in [4.78, 5) is 2.64. The monoisotopic (exact) mass is 500 g/mol. The van der Waals surface area contributed by atoms with E-state index in [0.717, 1.165) is 37.1 Å². The molecular weight excluding hydrogens is 452 g/mol. The van der Waals surface area contributed by atoms with Crippen LogP contribution in [-0.2, 0) is 0 Å². The van der Waals surface area contributed by atoms with Gasteiger partial charge >= 0.3 is 0 Å². The molecule has 5 aliphatic rings. The molecule has 4 nitrogen and oxygen atoms in total. The van der Waals surface area contributed by atoms with E-state index >= 15 is 0 Å². The van der Waals surface area contributed by atoms with Crippen LogP contribution in [0.25, 0.3) is 0 Å². The Morgan fingerprint density at radius 3 is 2.71 bits per heavy atom. The molecule has 0 bridgehead atoms. The molecule has 2 N–H and O–H groups in total. The average Bonchev–Trinajstić information content (AvgIpc) is 3.48. The molecule has 8 atom stereocenters. The van der Waals surface area contributed by atoms with E-state index in [9.17, 15) is 5.11 Å². The number of furan rings is 1. The van der Waals surface area contributed by atoms with Gasteiger partial charge < -0.3 is 19.7 Å². The van der Waals surface area contributed by atoms with Crippen molar-refractivity contribution in [2.24, 2.45) is 28.6 Å². The van der Waals surface area contributed by atoms with E-state index in [1.165, 1.54) is 82.3 Å². The molecular formula is C30H48N2O2S. The molecule has 4 aliphatic carbocycles. The second-order valence-electron chi connectivity index (χ2n) is 13.2. The molecule has 1 aromatic heterocycles. The van der Waals surface area contributed by atoms with Crippen LogP contribution >= 0.6 is 11.8 Å². The number of piperazine rings is 1. The van der Waals surface area contributed by atoms with Gasteiger partial charge in [-0.05, 0) is 117 Å². The summed E-state index contributed by atoms with van der Waals surface area (Å²) >= 11 is 2.28. The van der Waals surface area contributed by atoms with E-state index < -0.39 is 5.60 Å². The highest BCUT2D eigenvalue weighted by Gasteiger charge is 2.67. The number of nitrogens with zero attached hydrogens (tertiary/aromatic N) is 1. The standard InChI is InChI=1S/C30H48N2O2S/c1-28-10-6-24(35-19-3-15-32-16-13-31-14-17-32)20-23(28)4-5-27-26(28)7-11-29(2)25(8-12-30(27,29)33)22-9-18-34-21-22/h9,18,21,23-27,31,33H,3-8,10-17,19-20H2,1-2H3/t23-,24+,25-,26+,27-,28+,29-,30+/m1/s1. The van der Waals surface area contributed by atoms with Crippen LogP contribution in [0.1, 0.15) is 89.5 Å². The molecule has 1 aliphatic heterocycles. The molecule has 6 rings (SSSR count). The fourth-order valence-electron chi connectivity index (χ4n) is 9.82. The van der Waals surface area contributed by atoms with Crippen LogP contribution in [0.5, 0.6) is 0 Å². The Bertz CT molecular complexity index is 857. The molecule has 2 heterocycles. The largest absolute Gasteiger partial charge is 0.472 e. The van der Waals surface area contributed by atoms with Crippen LogP contribution in [0.15, 0.2) is 23.0 Å². The second-order valence-corrected chi connectivity index (χ2v) is 14.6. The molecule has 5 heteroatoms. The third kappa shape index (κ3) is 4.15. The number of rotatable bonds is 6. The molecule has 196 valence electrons. The summed E-state index contributed by atoms with van der Waals surface area (Å²) in [5.41, 5.74) is 1.25. The molecule has 0 amide bonds. The highest BCUT2D eigenvalue weighted by Crippen LogP contribution is 2.70. The number of aliphatic hydroxyl groups is 1. The fourth-order valence-corrected chi connectivity index (χ4v) is 11.1. The van der Waals surface area contributed by atoms with Crippen molar-refractivity contribution < 1.29 is 9.52 Å². The smallest absolute Gasteiger partial charge is 0.0937 e. The van der Waals surface area contributed by atoms with Gasteiger partial charge in [-0.2, -0.15) is 11.8 Å². The Kier molecular flexibility index (Phi) is 6.86. The lowest BCUT2D eigenvalue weighted by atomic mass is 9.43. The molecule has 1 aromatic rings. The van der Waals surface area contributed by atoms with E-state index in [4.69, 9.17) is 4.42 Å². The van der Waals surface area contributed by atoms with Crippen molar-refractivity contribution >= 4 is 11.8 Å². The fraction of sp³-hybridized carbons (Fsp3) is 0.867.